The fourth-order valence-electron chi connectivity index (χ4n) is 3.06. The molecule has 0 spiro atoms. The highest BCUT2D eigenvalue weighted by atomic mass is 15.1. The summed E-state index contributed by atoms with van der Waals surface area (Å²) in [5, 5.41) is 0. The highest BCUT2D eigenvalue weighted by molar-refractivity contribution is 5.74. The van der Waals surface area contributed by atoms with Crippen molar-refractivity contribution in [2.75, 3.05) is 12.3 Å². The van der Waals surface area contributed by atoms with Crippen LogP contribution < -0.4 is 5.73 Å². The lowest BCUT2D eigenvalue weighted by atomic mass is 10.1. The first-order valence-electron chi connectivity index (χ1n) is 7.32. The van der Waals surface area contributed by atoms with Gasteiger partial charge < -0.3 is 10.7 Å². The summed E-state index contributed by atoms with van der Waals surface area (Å²) in [7, 11) is 0. The first-order valence-corrected chi connectivity index (χ1v) is 7.32. The number of nitrogens with zero attached hydrogens (tertiary/aromatic N) is 2. The minimum absolute atomic E-state index is 0.915. The third kappa shape index (κ3) is 2.28. The fourth-order valence-corrected chi connectivity index (χ4v) is 3.06. The average molecular weight is 278 g/mol. The first kappa shape index (κ1) is 12.4. The predicted octanol–water partition coefficient (Wildman–Crippen LogP) is 2.70. The standard InChI is InChI=1S/C17H18N4/c18-14-5-3-4-12-10-21(11-13(12)14)9-8-17-19-15-6-1-2-7-16(15)20-17/h1-7H,8-11,18H2,(H,19,20). The summed E-state index contributed by atoms with van der Waals surface area (Å²) in [5.41, 5.74) is 11.8. The molecule has 21 heavy (non-hydrogen) atoms. The molecular weight excluding hydrogens is 260 g/mol. The Hall–Kier alpha value is -2.33. The molecule has 3 aromatic rings. The molecule has 0 bridgehead atoms. The maximum Gasteiger partial charge on any atom is 0.108 e. The topological polar surface area (TPSA) is 57.9 Å². The third-order valence-electron chi connectivity index (χ3n) is 4.19. The molecular formula is C17H18N4. The van der Waals surface area contributed by atoms with Crippen molar-refractivity contribution in [1.82, 2.24) is 14.9 Å². The molecule has 2 aromatic carbocycles. The second kappa shape index (κ2) is 4.90. The van der Waals surface area contributed by atoms with Crippen molar-refractivity contribution >= 4 is 16.7 Å². The molecule has 1 aliphatic rings. The van der Waals surface area contributed by atoms with Crippen molar-refractivity contribution in [3.8, 4) is 0 Å². The van der Waals surface area contributed by atoms with E-state index in [2.05, 4.69) is 27.0 Å². The number of fused-ring (bicyclic) bond motifs is 2. The Morgan fingerprint density at radius 2 is 2.00 bits per heavy atom. The van der Waals surface area contributed by atoms with E-state index in [1.165, 1.54) is 11.1 Å². The van der Waals surface area contributed by atoms with Gasteiger partial charge in [-0.05, 0) is 29.3 Å². The highest BCUT2D eigenvalue weighted by Gasteiger charge is 2.20. The summed E-state index contributed by atoms with van der Waals surface area (Å²) in [6.07, 6.45) is 0.933. The molecule has 0 radical (unpaired) electrons. The second-order valence-electron chi connectivity index (χ2n) is 5.65. The first-order chi connectivity index (χ1) is 10.3. The van der Waals surface area contributed by atoms with Gasteiger partial charge in [-0.15, -0.1) is 0 Å². The number of nitrogens with one attached hydrogen (secondary N) is 1. The van der Waals surface area contributed by atoms with Crippen LogP contribution in [-0.4, -0.2) is 21.4 Å². The van der Waals surface area contributed by atoms with Gasteiger partial charge in [0.2, 0.25) is 0 Å². The predicted molar refractivity (Wildman–Crippen MR) is 84.8 cm³/mol. The van der Waals surface area contributed by atoms with E-state index in [4.69, 9.17) is 5.73 Å². The molecule has 2 heterocycles. The van der Waals surface area contributed by atoms with Crippen LogP contribution in [0.3, 0.4) is 0 Å². The van der Waals surface area contributed by atoms with Gasteiger partial charge in [0, 0.05) is 31.7 Å². The van der Waals surface area contributed by atoms with Crippen LogP contribution in [-0.2, 0) is 19.5 Å². The highest BCUT2D eigenvalue weighted by Crippen LogP contribution is 2.27. The summed E-state index contributed by atoms with van der Waals surface area (Å²) in [5.74, 6) is 1.06. The van der Waals surface area contributed by atoms with Crippen LogP contribution in [0.15, 0.2) is 42.5 Å². The third-order valence-corrected chi connectivity index (χ3v) is 4.19. The number of anilines is 1. The molecule has 0 aliphatic carbocycles. The molecule has 0 fully saturated rings. The minimum Gasteiger partial charge on any atom is -0.398 e. The number of benzene rings is 2. The van der Waals surface area contributed by atoms with E-state index in [-0.39, 0.29) is 0 Å². The normalized spacial score (nSPS) is 14.7. The Bertz CT molecular complexity index is 757. The number of nitrogens with two attached hydrogens (primary N) is 1. The van der Waals surface area contributed by atoms with E-state index in [1.54, 1.807) is 0 Å². The van der Waals surface area contributed by atoms with E-state index in [9.17, 15) is 0 Å². The number of hydrogen-bond acceptors (Lipinski definition) is 3. The molecule has 3 N–H and O–H groups in total. The van der Waals surface area contributed by atoms with Crippen molar-refractivity contribution in [1.29, 1.82) is 0 Å². The van der Waals surface area contributed by atoms with Gasteiger partial charge >= 0.3 is 0 Å². The van der Waals surface area contributed by atoms with Crippen molar-refractivity contribution < 1.29 is 0 Å². The Morgan fingerprint density at radius 3 is 2.86 bits per heavy atom. The van der Waals surface area contributed by atoms with Crippen molar-refractivity contribution in [3.05, 3.63) is 59.4 Å². The Balaban J connectivity index is 1.45. The zero-order valence-corrected chi connectivity index (χ0v) is 11.8. The maximum atomic E-state index is 6.05. The molecule has 0 amide bonds. The molecule has 0 unspecified atom stereocenters. The number of aromatic nitrogens is 2. The summed E-state index contributed by atoms with van der Waals surface area (Å²) in [4.78, 5) is 10.4. The van der Waals surface area contributed by atoms with Crippen LogP contribution in [0.1, 0.15) is 17.0 Å². The van der Waals surface area contributed by atoms with Gasteiger partial charge in [0.1, 0.15) is 5.82 Å². The van der Waals surface area contributed by atoms with Crippen LogP contribution in [0.5, 0.6) is 0 Å². The number of nitrogen functional groups attached to an aromatic ring is 1. The summed E-state index contributed by atoms with van der Waals surface area (Å²) in [6.45, 7) is 2.93. The average Bonchev–Trinajstić information content (AvgIpc) is 3.09. The number of H-pyrrole nitrogens is 1. The van der Waals surface area contributed by atoms with Crippen molar-refractivity contribution in [3.63, 3.8) is 0 Å². The molecule has 0 saturated carbocycles. The second-order valence-corrected chi connectivity index (χ2v) is 5.65. The molecule has 0 atom stereocenters. The van der Waals surface area contributed by atoms with Gasteiger partial charge in [-0.2, -0.15) is 0 Å². The van der Waals surface area contributed by atoms with Gasteiger partial charge in [-0.25, -0.2) is 4.98 Å². The lowest BCUT2D eigenvalue weighted by Gasteiger charge is -2.13. The smallest absolute Gasteiger partial charge is 0.108 e. The molecule has 0 saturated heterocycles. The van der Waals surface area contributed by atoms with Crippen LogP contribution in [0.25, 0.3) is 11.0 Å². The van der Waals surface area contributed by atoms with E-state index in [0.717, 1.165) is 48.6 Å². The van der Waals surface area contributed by atoms with Gasteiger partial charge in [-0.1, -0.05) is 24.3 Å². The van der Waals surface area contributed by atoms with E-state index in [0.29, 0.717) is 0 Å². The summed E-state index contributed by atoms with van der Waals surface area (Å²) in [6, 6.07) is 14.4. The molecule has 4 heteroatoms. The number of rotatable bonds is 3. The lowest BCUT2D eigenvalue weighted by molar-refractivity contribution is 0.286. The zero-order chi connectivity index (χ0) is 14.2. The maximum absolute atomic E-state index is 6.05. The fraction of sp³-hybridized carbons (Fsp3) is 0.235. The van der Waals surface area contributed by atoms with Crippen LogP contribution in [0, 0.1) is 0 Å². The number of hydrogen-bond donors (Lipinski definition) is 2. The number of para-hydroxylation sites is 2. The summed E-state index contributed by atoms with van der Waals surface area (Å²) >= 11 is 0. The Kier molecular flexibility index (Phi) is 2.89. The number of aromatic amines is 1. The van der Waals surface area contributed by atoms with Gasteiger partial charge in [0.25, 0.3) is 0 Å². The van der Waals surface area contributed by atoms with Gasteiger partial charge in [-0.3, -0.25) is 4.90 Å². The molecule has 4 rings (SSSR count). The Labute approximate surface area is 123 Å². The summed E-state index contributed by atoms with van der Waals surface area (Å²) < 4.78 is 0. The van der Waals surface area contributed by atoms with Crippen LogP contribution in [0.4, 0.5) is 5.69 Å². The quantitative estimate of drug-likeness (QED) is 0.724. The van der Waals surface area contributed by atoms with Gasteiger partial charge in [0.15, 0.2) is 0 Å². The molecule has 4 nitrogen and oxygen atoms in total. The largest absolute Gasteiger partial charge is 0.398 e. The molecule has 1 aliphatic heterocycles. The molecule has 106 valence electrons. The van der Waals surface area contributed by atoms with Crippen LogP contribution >= 0.6 is 0 Å². The van der Waals surface area contributed by atoms with Gasteiger partial charge in [0.05, 0.1) is 11.0 Å². The van der Waals surface area contributed by atoms with Crippen LogP contribution in [0.2, 0.25) is 0 Å². The lowest BCUT2D eigenvalue weighted by Crippen LogP contribution is -2.20. The van der Waals surface area contributed by atoms with Crippen molar-refractivity contribution in [2.45, 2.75) is 19.5 Å². The number of imidazole rings is 1. The van der Waals surface area contributed by atoms with E-state index < -0.39 is 0 Å². The SMILES string of the molecule is Nc1cccc2c1CN(CCc1nc3ccccc3[nH]1)C2. The monoisotopic (exact) mass is 278 g/mol. The minimum atomic E-state index is 0.915. The van der Waals surface area contributed by atoms with Crippen molar-refractivity contribution in [2.24, 2.45) is 0 Å². The molecule has 1 aromatic heterocycles. The zero-order valence-electron chi connectivity index (χ0n) is 11.8. The van der Waals surface area contributed by atoms with E-state index in [1.807, 2.05) is 30.3 Å². The Morgan fingerprint density at radius 1 is 1.10 bits per heavy atom. The van der Waals surface area contributed by atoms with E-state index >= 15 is 0 Å².